The smallest absolute Gasteiger partial charge is 0.321 e. The minimum Gasteiger partial charge on any atom is -0.383 e. The van der Waals surface area contributed by atoms with Crippen LogP contribution in [0.15, 0.2) is 29.3 Å². The Hall–Kier alpha value is -2.95. The quantitative estimate of drug-likeness (QED) is 0.421. The Labute approximate surface area is 183 Å². The van der Waals surface area contributed by atoms with E-state index in [4.69, 9.17) is 0 Å². The van der Waals surface area contributed by atoms with Crippen LogP contribution in [-0.2, 0) is 28.2 Å². The van der Waals surface area contributed by atoms with Gasteiger partial charge in [-0.1, -0.05) is 18.6 Å². The molecule has 0 bridgehead atoms. The molecule has 2 N–H and O–H groups in total. The van der Waals surface area contributed by atoms with Crippen LogP contribution in [0.5, 0.6) is 0 Å². The Morgan fingerprint density at radius 2 is 2.06 bits per heavy atom. The zero-order valence-corrected chi connectivity index (χ0v) is 17.8. The Morgan fingerprint density at radius 3 is 2.75 bits per heavy atom. The highest BCUT2D eigenvalue weighted by molar-refractivity contribution is 5.98. The minimum atomic E-state index is -3.00. The van der Waals surface area contributed by atoms with Crippen molar-refractivity contribution in [2.75, 3.05) is 0 Å². The number of carbonyl (C=O) groups excluding carboxylic acids is 2. The Kier molecular flexibility index (Phi) is 7.49. The predicted octanol–water partition coefficient (Wildman–Crippen LogP) is 1.90. The van der Waals surface area contributed by atoms with E-state index in [-0.39, 0.29) is 40.8 Å². The number of unbranched alkanes of at least 4 members (excludes halogenated alkanes) is 1. The van der Waals surface area contributed by atoms with Crippen LogP contribution in [0, 0.1) is 5.92 Å². The lowest BCUT2D eigenvalue weighted by molar-refractivity contribution is -0.136. The number of amides is 2. The van der Waals surface area contributed by atoms with Gasteiger partial charge in [0.15, 0.2) is 0 Å². The second kappa shape index (κ2) is 10.1. The van der Waals surface area contributed by atoms with Crippen molar-refractivity contribution in [1.29, 1.82) is 0 Å². The summed E-state index contributed by atoms with van der Waals surface area (Å²) in [5.74, 6) is -0.605. The van der Waals surface area contributed by atoms with E-state index in [0.29, 0.717) is 25.7 Å². The third-order valence-electron chi connectivity index (χ3n) is 5.97. The van der Waals surface area contributed by atoms with Gasteiger partial charge in [-0.05, 0) is 38.2 Å². The van der Waals surface area contributed by atoms with Gasteiger partial charge in [0.2, 0.25) is 11.8 Å². The van der Waals surface area contributed by atoms with Crippen molar-refractivity contribution < 1.29 is 23.5 Å². The molecule has 174 valence electrons. The molecule has 2 amide bonds. The molecule has 9 nitrogen and oxygen atoms in total. The normalized spacial score (nSPS) is 18.6. The number of alkyl halides is 2. The summed E-state index contributed by atoms with van der Waals surface area (Å²) >= 11 is 0. The Bertz CT molecular complexity index is 1020. The van der Waals surface area contributed by atoms with Crippen LogP contribution < -0.4 is 10.9 Å². The summed E-state index contributed by atoms with van der Waals surface area (Å²) < 4.78 is 28.0. The molecule has 1 aliphatic rings. The summed E-state index contributed by atoms with van der Waals surface area (Å²) in [7, 11) is 0. The van der Waals surface area contributed by atoms with Gasteiger partial charge in [0.25, 0.3) is 5.56 Å². The molecule has 3 heterocycles. The Morgan fingerprint density at radius 1 is 1.28 bits per heavy atom. The number of hydrogen-bond acceptors (Lipinski definition) is 6. The highest BCUT2D eigenvalue weighted by Gasteiger charge is 2.31. The molecule has 2 atom stereocenters. The lowest BCUT2D eigenvalue weighted by Gasteiger charge is -2.28. The number of aromatic nitrogens is 4. The third-order valence-corrected chi connectivity index (χ3v) is 5.97. The van der Waals surface area contributed by atoms with E-state index < -0.39 is 17.7 Å². The molecule has 11 heteroatoms. The lowest BCUT2D eigenvalue weighted by atomic mass is 9.91. The van der Waals surface area contributed by atoms with Gasteiger partial charge < -0.3 is 5.11 Å². The van der Waals surface area contributed by atoms with Crippen LogP contribution in [0.2, 0.25) is 0 Å². The summed E-state index contributed by atoms with van der Waals surface area (Å²) in [6.45, 7) is -1.29. The topological polar surface area (TPSA) is 119 Å². The van der Waals surface area contributed by atoms with Gasteiger partial charge in [-0.15, -0.1) is 5.10 Å². The molecular formula is C21H27F2N5O4. The number of nitrogens with zero attached hydrogens (tertiary/aromatic N) is 4. The van der Waals surface area contributed by atoms with Gasteiger partial charge in [-0.25, -0.2) is 4.68 Å². The molecule has 2 aromatic rings. The number of rotatable bonds is 10. The number of aliphatic hydroxyl groups is 1. The van der Waals surface area contributed by atoms with Crippen molar-refractivity contribution in [2.45, 2.75) is 70.6 Å². The van der Waals surface area contributed by atoms with Gasteiger partial charge in [0.1, 0.15) is 5.60 Å². The van der Waals surface area contributed by atoms with E-state index in [9.17, 15) is 28.3 Å². The van der Waals surface area contributed by atoms with Crippen LogP contribution in [0.3, 0.4) is 0 Å². The standard InChI is InChI=1S/C21H27F2N5O4/c1-2-21(32,15-8-10-18(30)27(12-15)20(22)23)13-28-16(11-24-26-28)6-4-3-5-14-7-9-17(29)25-19(14)31/h8,10-12,14,20,32H,2-7,9,13H2,1H3,(H,25,29,31). The van der Waals surface area contributed by atoms with E-state index in [2.05, 4.69) is 15.6 Å². The van der Waals surface area contributed by atoms with Gasteiger partial charge in [0.05, 0.1) is 18.4 Å². The van der Waals surface area contributed by atoms with Crippen molar-refractivity contribution in [3.63, 3.8) is 0 Å². The van der Waals surface area contributed by atoms with Crippen LogP contribution in [-0.4, -0.2) is 36.5 Å². The first kappa shape index (κ1) is 23.7. The maximum absolute atomic E-state index is 13.1. The monoisotopic (exact) mass is 451 g/mol. The third kappa shape index (κ3) is 5.45. The second-order valence-electron chi connectivity index (χ2n) is 8.10. The largest absolute Gasteiger partial charge is 0.383 e. The summed E-state index contributed by atoms with van der Waals surface area (Å²) in [6, 6.07) is 2.36. The molecule has 1 saturated heterocycles. The molecule has 3 rings (SSSR count). The van der Waals surface area contributed by atoms with E-state index in [1.165, 1.54) is 10.7 Å². The maximum atomic E-state index is 13.1. The van der Waals surface area contributed by atoms with E-state index in [1.54, 1.807) is 13.1 Å². The second-order valence-corrected chi connectivity index (χ2v) is 8.10. The molecule has 0 aliphatic carbocycles. The van der Waals surface area contributed by atoms with Crippen molar-refractivity contribution >= 4 is 11.8 Å². The summed E-state index contributed by atoms with van der Waals surface area (Å²) in [6.07, 6.45) is 6.51. The fourth-order valence-electron chi connectivity index (χ4n) is 3.90. The SMILES string of the molecule is CCC(O)(Cn1nncc1CCCCC1CCC(=O)NC1=O)c1ccc(=O)n(C(F)F)c1. The molecule has 2 aromatic heterocycles. The molecule has 0 saturated carbocycles. The van der Waals surface area contributed by atoms with Gasteiger partial charge in [-0.3, -0.25) is 24.3 Å². The number of imide groups is 1. The molecule has 0 radical (unpaired) electrons. The maximum Gasteiger partial charge on any atom is 0.321 e. The fraction of sp³-hybridized carbons (Fsp3) is 0.571. The highest BCUT2D eigenvalue weighted by atomic mass is 19.3. The van der Waals surface area contributed by atoms with E-state index >= 15 is 0 Å². The number of aryl methyl sites for hydroxylation is 1. The van der Waals surface area contributed by atoms with Crippen LogP contribution >= 0.6 is 0 Å². The van der Waals surface area contributed by atoms with Crippen LogP contribution in [0.4, 0.5) is 8.78 Å². The average molecular weight is 451 g/mol. The first-order valence-corrected chi connectivity index (χ1v) is 10.7. The van der Waals surface area contributed by atoms with Crippen LogP contribution in [0.1, 0.15) is 63.3 Å². The highest BCUT2D eigenvalue weighted by Crippen LogP contribution is 2.28. The number of hydrogen-bond donors (Lipinski definition) is 2. The van der Waals surface area contributed by atoms with Crippen molar-refractivity contribution in [1.82, 2.24) is 24.9 Å². The molecule has 0 spiro atoms. The molecular weight excluding hydrogens is 424 g/mol. The summed E-state index contributed by atoms with van der Waals surface area (Å²) in [5.41, 5.74) is -1.40. The number of piperidine rings is 1. The number of pyridine rings is 1. The van der Waals surface area contributed by atoms with Crippen molar-refractivity contribution in [3.05, 3.63) is 46.1 Å². The average Bonchev–Trinajstić information content (AvgIpc) is 3.19. The molecule has 2 unspecified atom stereocenters. The predicted molar refractivity (Wildman–Crippen MR) is 110 cm³/mol. The van der Waals surface area contributed by atoms with E-state index in [1.807, 2.05) is 0 Å². The first-order valence-electron chi connectivity index (χ1n) is 10.7. The van der Waals surface area contributed by atoms with E-state index in [0.717, 1.165) is 30.8 Å². The fourth-order valence-corrected chi connectivity index (χ4v) is 3.90. The molecule has 1 fully saturated rings. The van der Waals surface area contributed by atoms with Crippen LogP contribution in [0.25, 0.3) is 0 Å². The van der Waals surface area contributed by atoms with Gasteiger partial charge >= 0.3 is 6.55 Å². The lowest BCUT2D eigenvalue weighted by Crippen LogP contribution is -2.40. The number of nitrogens with one attached hydrogen (secondary N) is 1. The zero-order valence-electron chi connectivity index (χ0n) is 17.8. The zero-order chi connectivity index (χ0) is 23.3. The van der Waals surface area contributed by atoms with Gasteiger partial charge in [-0.2, -0.15) is 8.78 Å². The number of halogens is 2. The van der Waals surface area contributed by atoms with Crippen molar-refractivity contribution in [3.8, 4) is 0 Å². The number of carbonyl (C=O) groups is 2. The Balaban J connectivity index is 1.63. The molecule has 0 aromatic carbocycles. The molecule has 1 aliphatic heterocycles. The summed E-state index contributed by atoms with van der Waals surface area (Å²) in [5, 5.41) is 21.4. The molecule has 32 heavy (non-hydrogen) atoms. The first-order chi connectivity index (χ1) is 15.2. The summed E-state index contributed by atoms with van der Waals surface area (Å²) in [4.78, 5) is 34.7. The minimum absolute atomic E-state index is 0.00653. The van der Waals surface area contributed by atoms with Gasteiger partial charge in [0, 0.05) is 30.2 Å². The van der Waals surface area contributed by atoms with Crippen molar-refractivity contribution in [2.24, 2.45) is 5.92 Å².